The summed E-state index contributed by atoms with van der Waals surface area (Å²) in [5.41, 5.74) is 0.307. The lowest BCUT2D eigenvalue weighted by molar-refractivity contribution is -0.143. The molecule has 1 aliphatic rings. The summed E-state index contributed by atoms with van der Waals surface area (Å²) in [6.07, 6.45) is -0.491. The van der Waals surface area contributed by atoms with Crippen molar-refractivity contribution in [3.63, 3.8) is 0 Å². The quantitative estimate of drug-likeness (QED) is 0.634. The number of carbonyl (C=O) groups is 2. The van der Waals surface area contributed by atoms with Crippen LogP contribution < -0.4 is 0 Å². The third kappa shape index (κ3) is 3.54. The summed E-state index contributed by atoms with van der Waals surface area (Å²) in [5, 5.41) is 0. The lowest BCUT2D eigenvalue weighted by atomic mass is 10.1. The van der Waals surface area contributed by atoms with Gasteiger partial charge < -0.3 is 9.47 Å². The number of benzene rings is 1. The number of hydrogen-bond donors (Lipinski definition) is 0. The number of amides is 1. The molecule has 1 heterocycles. The Kier molecular flexibility index (Phi) is 4.21. The number of ether oxygens (including phenoxy) is 2. The lowest BCUT2D eigenvalue weighted by Crippen LogP contribution is -2.29. The Bertz CT molecular complexity index is 521. The van der Waals surface area contributed by atoms with Gasteiger partial charge in [0.1, 0.15) is 5.60 Å². The Hall–Kier alpha value is -2.04. The first-order valence-corrected chi connectivity index (χ1v) is 7.08. The highest BCUT2D eigenvalue weighted by molar-refractivity contribution is 5.88. The second-order valence-electron chi connectivity index (χ2n) is 5.94. The molecule has 114 valence electrons. The highest BCUT2D eigenvalue weighted by Gasteiger charge is 2.58. The average Bonchev–Trinajstić information content (AvgIpc) is 3.13. The van der Waals surface area contributed by atoms with Crippen LogP contribution in [0.2, 0.25) is 0 Å². The summed E-state index contributed by atoms with van der Waals surface area (Å²) >= 11 is 0. The smallest absolute Gasteiger partial charge is 0.411 e. The molecule has 0 spiro atoms. The predicted octanol–water partition coefficient (Wildman–Crippen LogP) is 2.91. The van der Waals surface area contributed by atoms with Crippen LogP contribution in [0.15, 0.2) is 30.3 Å². The monoisotopic (exact) mass is 291 g/mol. The fourth-order valence-corrected chi connectivity index (χ4v) is 2.24. The van der Waals surface area contributed by atoms with Gasteiger partial charge in [0.15, 0.2) is 6.04 Å². The summed E-state index contributed by atoms with van der Waals surface area (Å²) in [6.45, 7) is 7.43. The van der Waals surface area contributed by atoms with E-state index in [1.165, 1.54) is 4.90 Å². The Morgan fingerprint density at radius 3 is 2.33 bits per heavy atom. The van der Waals surface area contributed by atoms with Crippen LogP contribution in [0.1, 0.15) is 39.3 Å². The van der Waals surface area contributed by atoms with Crippen LogP contribution in [0.25, 0.3) is 0 Å². The summed E-state index contributed by atoms with van der Waals surface area (Å²) < 4.78 is 10.4. The van der Waals surface area contributed by atoms with Crippen molar-refractivity contribution in [2.24, 2.45) is 0 Å². The van der Waals surface area contributed by atoms with Gasteiger partial charge in [-0.25, -0.2) is 9.59 Å². The molecular formula is C16H21NO4. The van der Waals surface area contributed by atoms with Crippen molar-refractivity contribution >= 4 is 12.1 Å². The second-order valence-corrected chi connectivity index (χ2v) is 5.94. The fraction of sp³-hybridized carbons (Fsp3) is 0.500. The van der Waals surface area contributed by atoms with Crippen molar-refractivity contribution < 1.29 is 19.1 Å². The first kappa shape index (κ1) is 15.4. The number of rotatable bonds is 3. The van der Waals surface area contributed by atoms with Gasteiger partial charge in [0.2, 0.25) is 0 Å². The van der Waals surface area contributed by atoms with Gasteiger partial charge in [0, 0.05) is 0 Å². The van der Waals surface area contributed by atoms with E-state index in [1.807, 2.05) is 30.3 Å². The van der Waals surface area contributed by atoms with Gasteiger partial charge in [-0.2, -0.15) is 0 Å². The maximum atomic E-state index is 12.2. The third-order valence-corrected chi connectivity index (χ3v) is 3.08. The van der Waals surface area contributed by atoms with Crippen molar-refractivity contribution in [3.8, 4) is 0 Å². The van der Waals surface area contributed by atoms with Gasteiger partial charge in [0.05, 0.1) is 12.6 Å². The standard InChI is InChI=1S/C16H21NO4/c1-5-20-14(18)13-12(11-9-7-6-8-10-11)17(13)15(19)21-16(2,3)4/h6-10,12-13H,5H2,1-4H3/t12-,13-,17?/m1/s1. The van der Waals surface area contributed by atoms with Crippen LogP contribution in [0.3, 0.4) is 0 Å². The molecule has 1 saturated heterocycles. The van der Waals surface area contributed by atoms with Gasteiger partial charge in [-0.1, -0.05) is 30.3 Å². The van der Waals surface area contributed by atoms with E-state index in [9.17, 15) is 9.59 Å². The van der Waals surface area contributed by atoms with E-state index in [-0.39, 0.29) is 6.04 Å². The van der Waals surface area contributed by atoms with E-state index in [4.69, 9.17) is 9.47 Å². The van der Waals surface area contributed by atoms with Gasteiger partial charge in [-0.15, -0.1) is 0 Å². The number of carbonyl (C=O) groups excluding carboxylic acids is 2. The van der Waals surface area contributed by atoms with Crippen molar-refractivity contribution in [1.82, 2.24) is 4.90 Å². The lowest BCUT2D eigenvalue weighted by Gasteiger charge is -2.20. The molecule has 0 saturated carbocycles. The minimum Gasteiger partial charge on any atom is -0.464 e. The molecule has 0 bridgehead atoms. The van der Waals surface area contributed by atoms with Crippen LogP contribution in [0, 0.1) is 0 Å². The highest BCUT2D eigenvalue weighted by Crippen LogP contribution is 2.44. The Balaban J connectivity index is 2.17. The van der Waals surface area contributed by atoms with Crippen LogP contribution in [-0.2, 0) is 14.3 Å². The van der Waals surface area contributed by atoms with E-state index in [0.717, 1.165) is 5.56 Å². The molecule has 1 aromatic rings. The minimum atomic E-state index is -0.597. The van der Waals surface area contributed by atoms with E-state index in [2.05, 4.69) is 0 Å². The number of esters is 1. The molecule has 2 atom stereocenters. The van der Waals surface area contributed by atoms with E-state index < -0.39 is 23.7 Å². The van der Waals surface area contributed by atoms with E-state index in [1.54, 1.807) is 27.7 Å². The molecule has 0 N–H and O–H groups in total. The molecular weight excluding hydrogens is 270 g/mol. The molecule has 1 aromatic carbocycles. The predicted molar refractivity (Wildman–Crippen MR) is 77.7 cm³/mol. The summed E-state index contributed by atoms with van der Waals surface area (Å²) in [4.78, 5) is 25.6. The summed E-state index contributed by atoms with van der Waals surface area (Å²) in [6, 6.07) is 8.53. The Morgan fingerprint density at radius 1 is 1.19 bits per heavy atom. The average molecular weight is 291 g/mol. The third-order valence-electron chi connectivity index (χ3n) is 3.08. The molecule has 1 fully saturated rings. The van der Waals surface area contributed by atoms with Gasteiger partial charge >= 0.3 is 12.1 Å². The molecule has 0 aliphatic carbocycles. The zero-order valence-corrected chi connectivity index (χ0v) is 12.8. The maximum Gasteiger partial charge on any atom is 0.411 e. The van der Waals surface area contributed by atoms with Crippen molar-refractivity contribution in [3.05, 3.63) is 35.9 Å². The van der Waals surface area contributed by atoms with Crippen LogP contribution >= 0.6 is 0 Å². The zero-order valence-electron chi connectivity index (χ0n) is 12.8. The van der Waals surface area contributed by atoms with Crippen LogP contribution in [0.4, 0.5) is 4.79 Å². The SMILES string of the molecule is CCOC(=O)[C@H]1[C@@H](c2ccccc2)N1C(=O)OC(C)(C)C. The van der Waals surface area contributed by atoms with E-state index >= 15 is 0 Å². The Morgan fingerprint density at radius 2 is 1.81 bits per heavy atom. The zero-order chi connectivity index (χ0) is 15.6. The van der Waals surface area contributed by atoms with Gasteiger partial charge in [0.25, 0.3) is 0 Å². The molecule has 5 heteroatoms. The molecule has 0 unspecified atom stereocenters. The summed E-state index contributed by atoms with van der Waals surface area (Å²) in [5.74, 6) is -0.391. The second kappa shape index (κ2) is 5.76. The molecule has 0 aromatic heterocycles. The topological polar surface area (TPSA) is 55.6 Å². The minimum absolute atomic E-state index is 0.291. The van der Waals surface area contributed by atoms with Crippen molar-refractivity contribution in [2.45, 2.75) is 45.4 Å². The maximum absolute atomic E-state index is 12.2. The largest absolute Gasteiger partial charge is 0.464 e. The van der Waals surface area contributed by atoms with Gasteiger partial charge in [-0.3, -0.25) is 4.90 Å². The highest BCUT2D eigenvalue weighted by atomic mass is 16.6. The summed E-state index contributed by atoms with van der Waals surface area (Å²) in [7, 11) is 0. The molecule has 2 rings (SSSR count). The normalized spacial score (nSPS) is 20.9. The van der Waals surface area contributed by atoms with Crippen molar-refractivity contribution in [2.75, 3.05) is 6.61 Å². The molecule has 21 heavy (non-hydrogen) atoms. The van der Waals surface area contributed by atoms with Crippen LogP contribution in [-0.4, -0.2) is 35.2 Å². The van der Waals surface area contributed by atoms with Gasteiger partial charge in [-0.05, 0) is 33.3 Å². The first-order valence-electron chi connectivity index (χ1n) is 7.08. The van der Waals surface area contributed by atoms with E-state index in [0.29, 0.717) is 6.61 Å². The molecule has 5 nitrogen and oxygen atoms in total. The number of hydrogen-bond acceptors (Lipinski definition) is 4. The Labute approximate surface area is 124 Å². The van der Waals surface area contributed by atoms with Crippen LogP contribution in [0.5, 0.6) is 0 Å². The van der Waals surface area contributed by atoms with Crippen molar-refractivity contribution in [1.29, 1.82) is 0 Å². The number of nitrogens with zero attached hydrogens (tertiary/aromatic N) is 1. The molecule has 1 amide bonds. The molecule has 0 radical (unpaired) electrons. The molecule has 1 aliphatic heterocycles. The first-order chi connectivity index (χ1) is 9.85. The fourth-order valence-electron chi connectivity index (χ4n) is 2.24.